The van der Waals surface area contributed by atoms with Crippen molar-refractivity contribution in [2.75, 3.05) is 6.61 Å². The number of carbonyl (C=O) groups is 1. The molecule has 22 heavy (non-hydrogen) atoms. The Hall–Kier alpha value is -1.73. The van der Waals surface area contributed by atoms with Gasteiger partial charge >= 0.3 is 0 Å². The topological polar surface area (TPSA) is 83.7 Å². The molecule has 3 rings (SSSR count). The van der Waals surface area contributed by atoms with Gasteiger partial charge in [0.1, 0.15) is 5.56 Å². The molecule has 2 heterocycles. The summed E-state index contributed by atoms with van der Waals surface area (Å²) >= 11 is 1.35. The first-order valence-electron chi connectivity index (χ1n) is 7.57. The minimum absolute atomic E-state index is 0.0526. The molecule has 1 aliphatic rings. The number of fused-ring (bicyclic) bond motifs is 1. The predicted molar refractivity (Wildman–Crippen MR) is 84.3 cm³/mol. The summed E-state index contributed by atoms with van der Waals surface area (Å²) in [5.74, 6) is -0.338. The molecule has 2 aromatic heterocycles. The lowest BCUT2D eigenvalue weighted by molar-refractivity contribution is 0.0897. The number of hydrogen-bond acceptors (Lipinski definition) is 5. The molecule has 1 amide bonds. The Balaban J connectivity index is 1.82. The lowest BCUT2D eigenvalue weighted by atomic mass is 9.95. The van der Waals surface area contributed by atoms with Gasteiger partial charge < -0.3 is 10.4 Å². The fourth-order valence-corrected chi connectivity index (χ4v) is 3.69. The Labute approximate surface area is 131 Å². The van der Waals surface area contributed by atoms with Crippen LogP contribution in [0.4, 0.5) is 0 Å². The molecule has 2 aromatic rings. The Morgan fingerprint density at radius 3 is 3.05 bits per heavy atom. The van der Waals surface area contributed by atoms with Crippen LogP contribution in [0.5, 0.6) is 0 Å². The van der Waals surface area contributed by atoms with Crippen LogP contribution in [0.15, 0.2) is 22.6 Å². The second-order valence-electron chi connectivity index (χ2n) is 5.69. The molecule has 0 saturated heterocycles. The van der Waals surface area contributed by atoms with Crippen LogP contribution in [0.25, 0.3) is 4.96 Å². The summed E-state index contributed by atoms with van der Waals surface area (Å²) in [6.45, 7) is 0.0613. The maximum Gasteiger partial charge on any atom is 0.271 e. The summed E-state index contributed by atoms with van der Waals surface area (Å²) in [4.78, 5) is 29.5. The van der Waals surface area contributed by atoms with Crippen LogP contribution in [0.1, 0.15) is 42.5 Å². The highest BCUT2D eigenvalue weighted by Gasteiger charge is 2.26. The van der Waals surface area contributed by atoms with Crippen molar-refractivity contribution in [3.05, 3.63) is 33.7 Å². The SMILES string of the molecule is O=C(NC1CCCCCC1CO)c1cnc2sccn2c1=O. The van der Waals surface area contributed by atoms with E-state index < -0.39 is 5.91 Å². The third-order valence-corrected chi connectivity index (χ3v) is 5.07. The number of hydrogen-bond donors (Lipinski definition) is 2. The van der Waals surface area contributed by atoms with Gasteiger partial charge in [-0.25, -0.2) is 4.98 Å². The number of aliphatic hydroxyl groups is 1. The molecule has 118 valence electrons. The van der Waals surface area contributed by atoms with Gasteiger partial charge in [-0.3, -0.25) is 14.0 Å². The molecule has 0 radical (unpaired) electrons. The van der Waals surface area contributed by atoms with Gasteiger partial charge in [0.2, 0.25) is 0 Å². The van der Waals surface area contributed by atoms with E-state index >= 15 is 0 Å². The van der Waals surface area contributed by atoms with Crippen molar-refractivity contribution in [2.45, 2.75) is 38.1 Å². The van der Waals surface area contributed by atoms with Crippen LogP contribution < -0.4 is 10.9 Å². The van der Waals surface area contributed by atoms with Gasteiger partial charge in [-0.15, -0.1) is 11.3 Å². The van der Waals surface area contributed by atoms with E-state index in [0.29, 0.717) is 4.96 Å². The van der Waals surface area contributed by atoms with Crippen LogP contribution in [0, 0.1) is 5.92 Å². The van der Waals surface area contributed by atoms with Crippen molar-refractivity contribution in [1.82, 2.24) is 14.7 Å². The molecule has 0 bridgehead atoms. The zero-order chi connectivity index (χ0) is 15.5. The number of nitrogens with one attached hydrogen (secondary N) is 1. The van der Waals surface area contributed by atoms with Crippen LogP contribution in [0.3, 0.4) is 0 Å². The molecule has 0 spiro atoms. The summed E-state index contributed by atoms with van der Waals surface area (Å²) in [6.07, 6.45) is 7.93. The number of thiazole rings is 1. The summed E-state index contributed by atoms with van der Waals surface area (Å²) in [7, 11) is 0. The zero-order valence-electron chi connectivity index (χ0n) is 12.2. The Kier molecular flexibility index (Phi) is 4.54. The quantitative estimate of drug-likeness (QED) is 0.838. The molecule has 2 N–H and O–H groups in total. The van der Waals surface area contributed by atoms with Crippen molar-refractivity contribution in [2.24, 2.45) is 5.92 Å². The van der Waals surface area contributed by atoms with Crippen LogP contribution in [-0.2, 0) is 0 Å². The number of nitrogens with zero attached hydrogens (tertiary/aromatic N) is 2. The lowest BCUT2D eigenvalue weighted by Crippen LogP contribution is -2.43. The van der Waals surface area contributed by atoms with Crippen molar-refractivity contribution >= 4 is 22.2 Å². The predicted octanol–water partition coefficient (Wildman–Crippen LogP) is 1.43. The first-order valence-corrected chi connectivity index (χ1v) is 8.45. The molecule has 1 fully saturated rings. The molecule has 2 atom stereocenters. The summed E-state index contributed by atoms with van der Waals surface area (Å²) < 4.78 is 1.39. The number of carbonyl (C=O) groups excluding carboxylic acids is 1. The molecule has 6 nitrogen and oxygen atoms in total. The Morgan fingerprint density at radius 1 is 1.41 bits per heavy atom. The highest BCUT2D eigenvalue weighted by Crippen LogP contribution is 2.23. The fraction of sp³-hybridized carbons (Fsp3) is 0.533. The molecule has 2 unspecified atom stereocenters. The average Bonchev–Trinajstić information content (AvgIpc) is 2.89. The standard InChI is InChI=1S/C15H19N3O3S/c19-9-10-4-2-1-3-5-12(10)17-13(20)11-8-16-15-18(14(11)21)6-7-22-15/h6-8,10,12,19H,1-5,9H2,(H,17,20). The van der Waals surface area contributed by atoms with E-state index in [1.165, 1.54) is 21.9 Å². The number of rotatable bonds is 3. The van der Waals surface area contributed by atoms with Gasteiger partial charge in [0.15, 0.2) is 4.96 Å². The minimum atomic E-state index is -0.400. The molecule has 1 saturated carbocycles. The number of amides is 1. The number of aromatic nitrogens is 2. The van der Waals surface area contributed by atoms with E-state index in [1.807, 2.05) is 0 Å². The van der Waals surface area contributed by atoms with E-state index in [-0.39, 0.29) is 29.7 Å². The third-order valence-electron chi connectivity index (χ3n) is 4.30. The molecule has 7 heteroatoms. The molecular weight excluding hydrogens is 302 g/mol. The third kappa shape index (κ3) is 2.91. The zero-order valence-corrected chi connectivity index (χ0v) is 13.0. The minimum Gasteiger partial charge on any atom is -0.396 e. The van der Waals surface area contributed by atoms with Crippen molar-refractivity contribution in [3.63, 3.8) is 0 Å². The summed E-state index contributed by atoms with van der Waals surface area (Å²) in [5.41, 5.74) is -0.297. The van der Waals surface area contributed by atoms with Gasteiger partial charge in [0.05, 0.1) is 0 Å². The van der Waals surface area contributed by atoms with E-state index in [2.05, 4.69) is 10.3 Å². The normalized spacial score (nSPS) is 22.4. The van der Waals surface area contributed by atoms with E-state index in [9.17, 15) is 14.7 Å². The summed E-state index contributed by atoms with van der Waals surface area (Å²) in [6, 6.07) is -0.0810. The van der Waals surface area contributed by atoms with E-state index in [4.69, 9.17) is 0 Å². The maximum absolute atomic E-state index is 12.4. The van der Waals surface area contributed by atoms with Gasteiger partial charge in [0, 0.05) is 36.3 Å². The molecule has 0 aromatic carbocycles. The van der Waals surface area contributed by atoms with Crippen LogP contribution >= 0.6 is 11.3 Å². The van der Waals surface area contributed by atoms with Crippen molar-refractivity contribution in [3.8, 4) is 0 Å². The van der Waals surface area contributed by atoms with Gasteiger partial charge in [-0.05, 0) is 12.8 Å². The second kappa shape index (κ2) is 6.58. The van der Waals surface area contributed by atoms with Crippen LogP contribution in [0.2, 0.25) is 0 Å². The summed E-state index contributed by atoms with van der Waals surface area (Å²) in [5, 5.41) is 14.2. The second-order valence-corrected chi connectivity index (χ2v) is 6.57. The van der Waals surface area contributed by atoms with E-state index in [1.54, 1.807) is 11.6 Å². The van der Waals surface area contributed by atoms with Crippen molar-refractivity contribution < 1.29 is 9.90 Å². The molecule has 1 aliphatic carbocycles. The highest BCUT2D eigenvalue weighted by atomic mass is 32.1. The lowest BCUT2D eigenvalue weighted by Gasteiger charge is -2.24. The van der Waals surface area contributed by atoms with Crippen LogP contribution in [-0.4, -0.2) is 33.0 Å². The molecule has 0 aliphatic heterocycles. The maximum atomic E-state index is 12.4. The number of aliphatic hydroxyl groups excluding tert-OH is 1. The Morgan fingerprint density at radius 2 is 2.23 bits per heavy atom. The Bertz CT molecular complexity index is 724. The monoisotopic (exact) mass is 321 g/mol. The highest BCUT2D eigenvalue weighted by molar-refractivity contribution is 7.15. The largest absolute Gasteiger partial charge is 0.396 e. The van der Waals surface area contributed by atoms with E-state index in [0.717, 1.165) is 32.1 Å². The smallest absolute Gasteiger partial charge is 0.271 e. The fourth-order valence-electron chi connectivity index (χ4n) is 3.02. The average molecular weight is 321 g/mol. The van der Waals surface area contributed by atoms with Gasteiger partial charge in [0.25, 0.3) is 11.5 Å². The van der Waals surface area contributed by atoms with Gasteiger partial charge in [-0.2, -0.15) is 0 Å². The first-order chi connectivity index (χ1) is 10.7. The molecular formula is C15H19N3O3S. The first kappa shape index (κ1) is 15.2. The van der Waals surface area contributed by atoms with Gasteiger partial charge in [-0.1, -0.05) is 19.3 Å². The van der Waals surface area contributed by atoms with Crippen molar-refractivity contribution in [1.29, 1.82) is 0 Å².